The Bertz CT molecular complexity index is 1870. The van der Waals surface area contributed by atoms with Crippen LogP contribution < -0.4 is 30.2 Å². The van der Waals surface area contributed by atoms with Crippen molar-refractivity contribution in [3.05, 3.63) is 64.2 Å². The highest BCUT2D eigenvalue weighted by molar-refractivity contribution is 7.92. The molecule has 18 nitrogen and oxygen atoms in total. The van der Waals surface area contributed by atoms with E-state index < -0.39 is 72.8 Å². The van der Waals surface area contributed by atoms with Gasteiger partial charge in [-0.3, -0.25) is 15.3 Å². The molecule has 0 amide bonds. The van der Waals surface area contributed by atoms with Crippen molar-refractivity contribution in [3.63, 3.8) is 0 Å². The molecule has 44 heavy (non-hydrogen) atoms. The number of hydrogen-bond acceptors (Lipinski definition) is 16. The molecule has 0 saturated carbocycles. The maximum atomic E-state index is 13.4. The Morgan fingerprint density at radius 1 is 1.00 bits per heavy atom. The lowest BCUT2D eigenvalue weighted by molar-refractivity contribution is -0.278. The first-order valence-corrected chi connectivity index (χ1v) is 13.6. The first kappa shape index (κ1) is 31.9. The average molecular weight is 635 g/mol. The SMILES string of the molecule is COc1nc(-c2c(O)c(C)[nH]c(=O)c2O)nc(NS(=O)(=O)c2ccc(C(N)(O)O)cn2)c1Oc1ccccc1OC(C)(O)O. The van der Waals surface area contributed by atoms with Crippen molar-refractivity contribution < 1.29 is 53.3 Å². The molecule has 0 spiro atoms. The Morgan fingerprint density at radius 2 is 1.66 bits per heavy atom. The Labute approximate surface area is 247 Å². The van der Waals surface area contributed by atoms with Crippen LogP contribution in [0.15, 0.2) is 52.4 Å². The number of aromatic nitrogens is 4. The van der Waals surface area contributed by atoms with E-state index in [9.17, 15) is 43.9 Å². The third-order valence-electron chi connectivity index (χ3n) is 5.63. The molecule has 0 unspecified atom stereocenters. The zero-order chi connectivity index (χ0) is 32.6. The van der Waals surface area contributed by atoms with Crippen molar-refractivity contribution in [1.82, 2.24) is 19.9 Å². The number of nitrogens with two attached hydrogens (primary N) is 1. The highest BCUT2D eigenvalue weighted by atomic mass is 32.2. The summed E-state index contributed by atoms with van der Waals surface area (Å²) < 4.78 is 45.1. The smallest absolute Gasteiger partial charge is 0.318 e. The number of H-pyrrole nitrogens is 1. The van der Waals surface area contributed by atoms with Crippen LogP contribution in [0.3, 0.4) is 0 Å². The lowest BCUT2D eigenvalue weighted by Gasteiger charge is -2.21. The van der Waals surface area contributed by atoms with Gasteiger partial charge in [0.15, 0.2) is 33.9 Å². The fraction of sp³-hybridized carbons (Fsp3) is 0.200. The molecule has 0 fully saturated rings. The van der Waals surface area contributed by atoms with Gasteiger partial charge in [0.1, 0.15) is 11.3 Å². The molecule has 10 N–H and O–H groups in total. The van der Waals surface area contributed by atoms with Crippen LogP contribution in [-0.4, -0.2) is 72.1 Å². The number of para-hydroxylation sites is 2. The Balaban J connectivity index is 1.93. The van der Waals surface area contributed by atoms with Gasteiger partial charge in [-0.05, 0) is 31.2 Å². The van der Waals surface area contributed by atoms with Crippen molar-refractivity contribution in [2.24, 2.45) is 5.73 Å². The highest BCUT2D eigenvalue weighted by Crippen LogP contribution is 2.44. The summed E-state index contributed by atoms with van der Waals surface area (Å²) in [6.45, 7) is 2.24. The number of hydrogen-bond donors (Lipinski definition) is 9. The molecule has 0 radical (unpaired) electrons. The second kappa shape index (κ2) is 11.6. The third-order valence-corrected chi connectivity index (χ3v) is 6.88. The van der Waals surface area contributed by atoms with Gasteiger partial charge in [0.05, 0.1) is 12.8 Å². The minimum atomic E-state index is -4.68. The van der Waals surface area contributed by atoms with E-state index in [-0.39, 0.29) is 22.8 Å². The van der Waals surface area contributed by atoms with Crippen LogP contribution in [0.5, 0.6) is 34.6 Å². The van der Waals surface area contributed by atoms with E-state index in [1.54, 1.807) is 0 Å². The second-order valence-corrected chi connectivity index (χ2v) is 10.8. The maximum absolute atomic E-state index is 13.4. The molecule has 19 heteroatoms. The number of ether oxygens (including phenoxy) is 3. The molecular formula is C25H26N6O12S. The van der Waals surface area contributed by atoms with Gasteiger partial charge in [0.2, 0.25) is 11.7 Å². The molecular weight excluding hydrogens is 608 g/mol. The lowest BCUT2D eigenvalue weighted by atomic mass is 10.1. The van der Waals surface area contributed by atoms with Gasteiger partial charge in [-0.2, -0.15) is 13.4 Å². The van der Waals surface area contributed by atoms with Crippen LogP contribution >= 0.6 is 0 Å². The molecule has 4 aromatic rings. The summed E-state index contributed by atoms with van der Waals surface area (Å²) in [5.41, 5.74) is 3.17. The van der Waals surface area contributed by atoms with Crippen LogP contribution in [0.1, 0.15) is 18.2 Å². The number of aromatic amines is 1. The minimum absolute atomic E-state index is 0.0806. The van der Waals surface area contributed by atoms with Crippen molar-refractivity contribution >= 4 is 15.8 Å². The summed E-state index contributed by atoms with van der Waals surface area (Å²) in [6, 6.07) is 7.43. The van der Waals surface area contributed by atoms with Crippen LogP contribution in [0.2, 0.25) is 0 Å². The number of nitrogens with zero attached hydrogens (tertiary/aromatic N) is 3. The number of aromatic hydroxyl groups is 2. The predicted octanol–water partition coefficient (Wildman–Crippen LogP) is -0.361. The van der Waals surface area contributed by atoms with E-state index >= 15 is 0 Å². The summed E-state index contributed by atoms with van der Waals surface area (Å²) in [7, 11) is -3.57. The first-order chi connectivity index (χ1) is 20.4. The van der Waals surface area contributed by atoms with Crippen LogP contribution in [0, 0.1) is 6.92 Å². The molecule has 0 aliphatic carbocycles. The molecule has 4 rings (SSSR count). The fourth-order valence-electron chi connectivity index (χ4n) is 3.63. The number of nitrogens with one attached hydrogen (secondary N) is 2. The number of aliphatic hydroxyl groups is 4. The molecule has 0 bridgehead atoms. The number of rotatable bonds is 10. The summed E-state index contributed by atoms with van der Waals surface area (Å²) in [5, 5.41) is 59.0. The second-order valence-electron chi connectivity index (χ2n) is 9.19. The van der Waals surface area contributed by atoms with Gasteiger partial charge in [0.25, 0.3) is 21.5 Å². The number of aryl methyl sites for hydroxylation is 1. The molecule has 1 aromatic carbocycles. The van der Waals surface area contributed by atoms with Gasteiger partial charge < -0.3 is 49.8 Å². The standard InChI is InChI=1S/C25H26N6O12S/c1-11-17(32)16(18(33)22(34)28-11)20-29-21(31-44(39,40)15-9-8-12(10-27-15)25(26,37)38)19(23(30-20)41-3)42-13-6-4-5-7-14(13)43-24(2,35)36/h4-10,32-33,35-38H,26H2,1-3H3,(H,28,34)(H,29,30,31). The predicted molar refractivity (Wildman–Crippen MR) is 148 cm³/mol. The number of anilines is 1. The van der Waals surface area contributed by atoms with Gasteiger partial charge in [-0.15, -0.1) is 0 Å². The molecule has 0 saturated heterocycles. The van der Waals surface area contributed by atoms with Gasteiger partial charge in [-0.1, -0.05) is 12.1 Å². The molecule has 3 aromatic heterocycles. The Hall–Kier alpha value is -5.05. The van der Waals surface area contributed by atoms with E-state index in [1.165, 1.54) is 31.2 Å². The molecule has 0 atom stereocenters. The quantitative estimate of drug-likeness (QED) is 0.101. The summed E-state index contributed by atoms with van der Waals surface area (Å²) >= 11 is 0. The molecule has 0 aliphatic heterocycles. The highest BCUT2D eigenvalue weighted by Gasteiger charge is 2.30. The number of benzene rings is 1. The van der Waals surface area contributed by atoms with Crippen LogP contribution in [-0.2, 0) is 15.9 Å². The van der Waals surface area contributed by atoms with E-state index in [2.05, 4.69) is 24.7 Å². The van der Waals surface area contributed by atoms with E-state index in [4.69, 9.17) is 19.9 Å². The topological polar surface area (TPSA) is 293 Å². The zero-order valence-electron chi connectivity index (χ0n) is 23.0. The number of methoxy groups -OCH3 is 1. The van der Waals surface area contributed by atoms with Crippen molar-refractivity contribution in [1.29, 1.82) is 0 Å². The summed E-state index contributed by atoms with van der Waals surface area (Å²) in [6.07, 6.45) is 0.793. The Morgan fingerprint density at radius 3 is 2.23 bits per heavy atom. The fourth-order valence-corrected chi connectivity index (χ4v) is 4.56. The summed E-state index contributed by atoms with van der Waals surface area (Å²) in [4.78, 5) is 26.3. The monoisotopic (exact) mass is 634 g/mol. The van der Waals surface area contributed by atoms with Crippen LogP contribution in [0.25, 0.3) is 11.4 Å². The molecule has 234 valence electrons. The van der Waals surface area contributed by atoms with E-state index in [1.807, 2.05) is 0 Å². The van der Waals surface area contributed by atoms with Crippen LogP contribution in [0.4, 0.5) is 5.82 Å². The van der Waals surface area contributed by atoms with E-state index in [0.717, 1.165) is 32.4 Å². The minimum Gasteiger partial charge on any atom is -0.505 e. The number of pyridine rings is 2. The van der Waals surface area contributed by atoms with Crippen molar-refractivity contribution in [3.8, 4) is 46.0 Å². The average Bonchev–Trinajstić information content (AvgIpc) is 2.92. The first-order valence-electron chi connectivity index (χ1n) is 12.2. The zero-order valence-corrected chi connectivity index (χ0v) is 23.8. The maximum Gasteiger partial charge on any atom is 0.318 e. The van der Waals surface area contributed by atoms with E-state index in [0.29, 0.717) is 0 Å². The normalized spacial score (nSPS) is 12.1. The van der Waals surface area contributed by atoms with Gasteiger partial charge >= 0.3 is 5.97 Å². The van der Waals surface area contributed by atoms with Crippen molar-refractivity contribution in [2.75, 3.05) is 11.8 Å². The molecule has 0 aliphatic rings. The van der Waals surface area contributed by atoms with Gasteiger partial charge in [-0.25, -0.2) is 9.97 Å². The Kier molecular flexibility index (Phi) is 8.37. The third kappa shape index (κ3) is 6.78. The van der Waals surface area contributed by atoms with Gasteiger partial charge in [0, 0.05) is 18.7 Å². The largest absolute Gasteiger partial charge is 0.505 e. The number of sulfonamides is 1. The lowest BCUT2D eigenvalue weighted by Crippen LogP contribution is -2.35. The van der Waals surface area contributed by atoms with Crippen molar-refractivity contribution in [2.45, 2.75) is 30.8 Å². The summed E-state index contributed by atoms with van der Waals surface area (Å²) in [5.74, 6) is -9.83. The molecule has 3 heterocycles.